The number of benzene rings is 2. The number of ether oxygens (including phenoxy) is 1. The van der Waals surface area contributed by atoms with Crippen molar-refractivity contribution in [2.45, 2.75) is 13.8 Å². The highest BCUT2D eigenvalue weighted by Gasteiger charge is 2.21. The van der Waals surface area contributed by atoms with Crippen molar-refractivity contribution in [3.8, 4) is 11.4 Å². The molecule has 1 N–H and O–H groups in total. The largest absolute Gasteiger partial charge is 0.451 e. The Balaban J connectivity index is 1.30. The maximum atomic E-state index is 13.0. The standard InChI is InChI=1S/C26H23N5O4S/c1-16-20-14-21(36-25(20)30(28-16)18-10-6-4-7-11-18)26(34)35-15-22(32)27-23-17(2)29(3)31(24(23)33)19-12-8-5-9-13-19/h4-14H,15H2,1-3H3,(H,27,32). The Morgan fingerprint density at radius 1 is 1.00 bits per heavy atom. The van der Waals surface area contributed by atoms with E-state index in [1.807, 2.05) is 55.5 Å². The van der Waals surface area contributed by atoms with Crippen molar-refractivity contribution in [3.63, 3.8) is 0 Å². The molecule has 0 aliphatic carbocycles. The fourth-order valence-corrected chi connectivity index (χ4v) is 5.06. The zero-order valence-electron chi connectivity index (χ0n) is 19.9. The number of nitrogens with zero attached hydrogens (tertiary/aromatic N) is 4. The van der Waals surface area contributed by atoms with Crippen LogP contribution in [0.2, 0.25) is 0 Å². The van der Waals surface area contributed by atoms with Crippen LogP contribution in [0.4, 0.5) is 5.69 Å². The molecule has 0 aliphatic rings. The van der Waals surface area contributed by atoms with Crippen LogP contribution in [0.25, 0.3) is 21.6 Å². The van der Waals surface area contributed by atoms with E-state index in [2.05, 4.69) is 10.4 Å². The second-order valence-electron chi connectivity index (χ2n) is 8.22. The van der Waals surface area contributed by atoms with Gasteiger partial charge in [-0.3, -0.25) is 14.3 Å². The van der Waals surface area contributed by atoms with Crippen LogP contribution in [0.3, 0.4) is 0 Å². The monoisotopic (exact) mass is 501 g/mol. The van der Waals surface area contributed by atoms with Gasteiger partial charge in [0, 0.05) is 12.4 Å². The second-order valence-corrected chi connectivity index (χ2v) is 9.25. The molecule has 0 aliphatic heterocycles. The van der Waals surface area contributed by atoms with Crippen LogP contribution in [-0.2, 0) is 16.6 Å². The van der Waals surface area contributed by atoms with Gasteiger partial charge in [-0.2, -0.15) is 5.10 Å². The first-order valence-corrected chi connectivity index (χ1v) is 12.0. The number of thiophene rings is 1. The van der Waals surface area contributed by atoms with Crippen LogP contribution in [-0.4, -0.2) is 37.6 Å². The number of fused-ring (bicyclic) bond motifs is 1. The highest BCUT2D eigenvalue weighted by molar-refractivity contribution is 7.20. The molecule has 0 saturated carbocycles. The van der Waals surface area contributed by atoms with Gasteiger partial charge in [0.25, 0.3) is 11.5 Å². The molecular weight excluding hydrogens is 478 g/mol. The number of hydrogen-bond acceptors (Lipinski definition) is 6. The maximum absolute atomic E-state index is 13.0. The van der Waals surface area contributed by atoms with Crippen molar-refractivity contribution >= 4 is 39.1 Å². The summed E-state index contributed by atoms with van der Waals surface area (Å²) in [6, 6.07) is 20.5. The fraction of sp³-hybridized carbons (Fsp3) is 0.154. The van der Waals surface area contributed by atoms with Gasteiger partial charge in [-0.1, -0.05) is 36.4 Å². The third kappa shape index (κ3) is 4.11. The molecule has 5 rings (SSSR count). The molecule has 36 heavy (non-hydrogen) atoms. The van der Waals surface area contributed by atoms with E-state index in [4.69, 9.17) is 4.74 Å². The average Bonchev–Trinajstić information content (AvgIpc) is 3.52. The summed E-state index contributed by atoms with van der Waals surface area (Å²) in [5, 5.41) is 8.01. The van der Waals surface area contributed by atoms with Gasteiger partial charge in [0.15, 0.2) is 6.61 Å². The SMILES string of the molecule is Cc1nn(-c2ccccc2)c2sc(C(=O)OCC(=O)Nc3c(C)n(C)n(-c4ccccc4)c3=O)cc12. The van der Waals surface area contributed by atoms with Crippen LogP contribution >= 0.6 is 11.3 Å². The summed E-state index contributed by atoms with van der Waals surface area (Å²) < 4.78 is 10.2. The molecule has 10 heteroatoms. The predicted octanol–water partition coefficient (Wildman–Crippen LogP) is 3.99. The van der Waals surface area contributed by atoms with E-state index in [1.165, 1.54) is 16.0 Å². The van der Waals surface area contributed by atoms with Crippen molar-refractivity contribution in [2.24, 2.45) is 7.05 Å². The number of para-hydroxylation sites is 2. The molecule has 0 unspecified atom stereocenters. The minimum atomic E-state index is -0.614. The number of hydrogen-bond donors (Lipinski definition) is 1. The molecule has 2 aromatic carbocycles. The molecule has 0 atom stereocenters. The zero-order chi connectivity index (χ0) is 25.4. The normalized spacial score (nSPS) is 11.1. The number of rotatable bonds is 6. The lowest BCUT2D eigenvalue weighted by molar-refractivity contribution is -0.119. The maximum Gasteiger partial charge on any atom is 0.348 e. The quantitative estimate of drug-likeness (QED) is 0.355. The minimum Gasteiger partial charge on any atom is -0.451 e. The Labute approximate surface area is 210 Å². The highest BCUT2D eigenvalue weighted by Crippen LogP contribution is 2.30. The zero-order valence-corrected chi connectivity index (χ0v) is 20.7. The van der Waals surface area contributed by atoms with Crippen LogP contribution in [0.1, 0.15) is 21.1 Å². The number of anilines is 1. The molecule has 0 saturated heterocycles. The number of amides is 1. The van der Waals surface area contributed by atoms with Gasteiger partial charge in [0.1, 0.15) is 15.4 Å². The molecular formula is C26H23N5O4S. The molecule has 3 aromatic heterocycles. The van der Waals surface area contributed by atoms with Gasteiger partial charge in [-0.25, -0.2) is 14.2 Å². The number of nitrogens with one attached hydrogen (secondary N) is 1. The molecule has 3 heterocycles. The Hall–Kier alpha value is -4.44. The van der Waals surface area contributed by atoms with Crippen molar-refractivity contribution in [3.05, 3.63) is 93.3 Å². The summed E-state index contributed by atoms with van der Waals surface area (Å²) in [4.78, 5) is 39.4. The van der Waals surface area contributed by atoms with E-state index in [1.54, 1.807) is 41.5 Å². The van der Waals surface area contributed by atoms with Crippen molar-refractivity contribution in [1.82, 2.24) is 19.1 Å². The summed E-state index contributed by atoms with van der Waals surface area (Å²) in [5.74, 6) is -1.21. The number of esters is 1. The Morgan fingerprint density at radius 2 is 1.64 bits per heavy atom. The molecule has 9 nitrogen and oxygen atoms in total. The van der Waals surface area contributed by atoms with E-state index >= 15 is 0 Å². The summed E-state index contributed by atoms with van der Waals surface area (Å²) in [6.45, 7) is 3.09. The molecule has 5 aromatic rings. The van der Waals surface area contributed by atoms with Crippen LogP contribution in [0, 0.1) is 13.8 Å². The van der Waals surface area contributed by atoms with Crippen molar-refractivity contribution in [1.29, 1.82) is 0 Å². The van der Waals surface area contributed by atoms with Crippen molar-refractivity contribution < 1.29 is 14.3 Å². The van der Waals surface area contributed by atoms with Gasteiger partial charge in [0.05, 0.1) is 22.8 Å². The first-order valence-electron chi connectivity index (χ1n) is 11.2. The lowest BCUT2D eigenvalue weighted by Crippen LogP contribution is -2.25. The molecule has 0 fully saturated rings. The van der Waals surface area contributed by atoms with Crippen molar-refractivity contribution in [2.75, 3.05) is 11.9 Å². The molecule has 182 valence electrons. The summed E-state index contributed by atoms with van der Waals surface area (Å²) >= 11 is 1.25. The summed E-state index contributed by atoms with van der Waals surface area (Å²) in [7, 11) is 1.74. The van der Waals surface area contributed by atoms with Gasteiger partial charge >= 0.3 is 5.97 Å². The van der Waals surface area contributed by atoms with Crippen LogP contribution < -0.4 is 10.9 Å². The van der Waals surface area contributed by atoms with E-state index in [-0.39, 0.29) is 11.2 Å². The molecule has 0 radical (unpaired) electrons. The van der Waals surface area contributed by atoms with Crippen LogP contribution in [0.15, 0.2) is 71.5 Å². The third-order valence-corrected chi connectivity index (χ3v) is 6.99. The molecule has 0 bridgehead atoms. The predicted molar refractivity (Wildman–Crippen MR) is 138 cm³/mol. The minimum absolute atomic E-state index is 0.142. The number of aryl methyl sites for hydroxylation is 1. The topological polar surface area (TPSA) is 100 Å². The third-order valence-electron chi connectivity index (χ3n) is 5.90. The smallest absolute Gasteiger partial charge is 0.348 e. The van der Waals surface area contributed by atoms with Gasteiger partial charge in [0.2, 0.25) is 0 Å². The first kappa shape index (κ1) is 23.3. The Morgan fingerprint density at radius 3 is 2.31 bits per heavy atom. The summed E-state index contributed by atoms with van der Waals surface area (Å²) in [5.41, 5.74) is 2.70. The lowest BCUT2D eigenvalue weighted by atomic mass is 10.3. The van der Waals surface area contributed by atoms with Gasteiger partial charge in [-0.05, 0) is 44.2 Å². The van der Waals surface area contributed by atoms with E-state index in [0.717, 1.165) is 21.6 Å². The van der Waals surface area contributed by atoms with E-state index < -0.39 is 18.5 Å². The lowest BCUT2D eigenvalue weighted by Gasteiger charge is -2.07. The average molecular weight is 502 g/mol. The van der Waals surface area contributed by atoms with Gasteiger partial charge in [-0.15, -0.1) is 11.3 Å². The number of aromatic nitrogens is 4. The van der Waals surface area contributed by atoms with E-state index in [9.17, 15) is 14.4 Å². The second kappa shape index (κ2) is 9.31. The molecule has 0 spiro atoms. The number of carbonyl (C=O) groups is 2. The number of carbonyl (C=O) groups excluding carboxylic acids is 2. The Bertz CT molecular complexity index is 1640. The van der Waals surface area contributed by atoms with Gasteiger partial charge < -0.3 is 10.1 Å². The van der Waals surface area contributed by atoms with Crippen LogP contribution in [0.5, 0.6) is 0 Å². The Kier molecular flexibility index (Phi) is 6.03. The highest BCUT2D eigenvalue weighted by atomic mass is 32.1. The fourth-order valence-electron chi connectivity index (χ4n) is 3.98. The van der Waals surface area contributed by atoms with E-state index in [0.29, 0.717) is 16.3 Å². The molecule has 1 amide bonds. The summed E-state index contributed by atoms with van der Waals surface area (Å²) in [6.07, 6.45) is 0. The first-order chi connectivity index (χ1) is 17.3.